The van der Waals surface area contributed by atoms with E-state index in [4.69, 9.17) is 21.1 Å². The first-order chi connectivity index (χ1) is 19.4. The molecule has 1 heterocycles. The molecule has 1 atom stereocenters. The molecule has 0 bridgehead atoms. The van der Waals surface area contributed by atoms with Gasteiger partial charge in [-0.15, -0.1) is 0 Å². The summed E-state index contributed by atoms with van der Waals surface area (Å²) in [6.45, 7) is 9.40. The second kappa shape index (κ2) is 13.5. The molecular formula is C32H35ClN2O5. The number of ether oxygens (including phenoxy) is 2. The SMILES string of the molecule is CCOc1ccc(C(O)=C2C(=O)C(=O)N(CCN(CC)CC)C2c2ccc(OCc3ccccc3)cc2)cc1Cl. The van der Waals surface area contributed by atoms with Crippen LogP contribution in [-0.2, 0) is 16.2 Å². The number of hydrogen-bond donors (Lipinski definition) is 1. The van der Waals surface area contributed by atoms with Crippen molar-refractivity contribution in [1.29, 1.82) is 0 Å². The fraction of sp³-hybridized carbons (Fsp3) is 0.312. The predicted octanol–water partition coefficient (Wildman–Crippen LogP) is 6.08. The summed E-state index contributed by atoms with van der Waals surface area (Å²) in [5.74, 6) is -0.506. The predicted molar refractivity (Wildman–Crippen MR) is 157 cm³/mol. The largest absolute Gasteiger partial charge is 0.507 e. The minimum Gasteiger partial charge on any atom is -0.507 e. The van der Waals surface area contributed by atoms with Crippen LogP contribution in [-0.4, -0.2) is 59.4 Å². The Morgan fingerprint density at radius 1 is 0.950 bits per heavy atom. The number of aliphatic hydroxyl groups excluding tert-OH is 1. The lowest BCUT2D eigenvalue weighted by Gasteiger charge is -2.28. The monoisotopic (exact) mass is 562 g/mol. The Kier molecular flexibility index (Phi) is 9.85. The number of benzene rings is 3. The van der Waals surface area contributed by atoms with Crippen LogP contribution < -0.4 is 9.47 Å². The first-order valence-corrected chi connectivity index (χ1v) is 14.0. The molecule has 0 aliphatic carbocycles. The lowest BCUT2D eigenvalue weighted by atomic mass is 9.95. The van der Waals surface area contributed by atoms with Gasteiger partial charge in [-0.3, -0.25) is 9.59 Å². The van der Waals surface area contributed by atoms with Gasteiger partial charge in [0.2, 0.25) is 0 Å². The van der Waals surface area contributed by atoms with Gasteiger partial charge in [0.1, 0.15) is 23.9 Å². The molecule has 0 radical (unpaired) electrons. The van der Waals surface area contributed by atoms with Crippen molar-refractivity contribution in [3.05, 3.63) is 100 Å². The number of hydrogen-bond acceptors (Lipinski definition) is 6. The van der Waals surface area contributed by atoms with E-state index >= 15 is 0 Å². The van der Waals surface area contributed by atoms with Gasteiger partial charge in [-0.1, -0.05) is 67.9 Å². The maximum atomic E-state index is 13.4. The summed E-state index contributed by atoms with van der Waals surface area (Å²) in [6, 6.07) is 21.2. The van der Waals surface area contributed by atoms with Crippen molar-refractivity contribution >= 4 is 29.1 Å². The molecule has 3 aromatic carbocycles. The van der Waals surface area contributed by atoms with Crippen molar-refractivity contribution in [3.63, 3.8) is 0 Å². The van der Waals surface area contributed by atoms with Crippen molar-refractivity contribution in [2.24, 2.45) is 0 Å². The summed E-state index contributed by atoms with van der Waals surface area (Å²) in [4.78, 5) is 30.4. The number of likely N-dealkylation sites (N-methyl/N-ethyl adjacent to an activating group) is 1. The Balaban J connectivity index is 1.69. The molecule has 1 amide bonds. The molecule has 1 unspecified atom stereocenters. The topological polar surface area (TPSA) is 79.3 Å². The first kappa shape index (κ1) is 29.2. The first-order valence-electron chi connectivity index (χ1n) is 13.6. The normalized spacial score (nSPS) is 16.5. The zero-order valence-corrected chi connectivity index (χ0v) is 23.9. The summed E-state index contributed by atoms with van der Waals surface area (Å²) in [7, 11) is 0. The van der Waals surface area contributed by atoms with Crippen LogP contribution in [0.4, 0.5) is 0 Å². The third-order valence-corrected chi connectivity index (χ3v) is 7.34. The van der Waals surface area contributed by atoms with Crippen LogP contribution in [0.3, 0.4) is 0 Å². The van der Waals surface area contributed by atoms with Crippen molar-refractivity contribution in [2.75, 3.05) is 32.8 Å². The van der Waals surface area contributed by atoms with Gasteiger partial charge >= 0.3 is 0 Å². The highest BCUT2D eigenvalue weighted by atomic mass is 35.5. The van der Waals surface area contributed by atoms with Gasteiger partial charge in [-0.2, -0.15) is 0 Å². The van der Waals surface area contributed by atoms with Gasteiger partial charge < -0.3 is 24.4 Å². The Morgan fingerprint density at radius 3 is 2.27 bits per heavy atom. The van der Waals surface area contributed by atoms with E-state index in [0.717, 1.165) is 18.7 Å². The highest BCUT2D eigenvalue weighted by Gasteiger charge is 2.46. The van der Waals surface area contributed by atoms with Crippen LogP contribution >= 0.6 is 11.6 Å². The molecule has 1 fully saturated rings. The molecule has 210 valence electrons. The molecular weight excluding hydrogens is 528 g/mol. The van der Waals surface area contributed by atoms with Gasteiger partial charge in [-0.25, -0.2) is 0 Å². The molecule has 8 heteroatoms. The summed E-state index contributed by atoms with van der Waals surface area (Å²) in [6.07, 6.45) is 0. The van der Waals surface area contributed by atoms with E-state index in [1.807, 2.05) is 61.5 Å². The van der Waals surface area contributed by atoms with E-state index in [9.17, 15) is 14.7 Å². The lowest BCUT2D eigenvalue weighted by Crippen LogP contribution is -2.38. The minimum absolute atomic E-state index is 0.0303. The van der Waals surface area contributed by atoms with Crippen LogP contribution in [0.2, 0.25) is 5.02 Å². The fourth-order valence-electron chi connectivity index (χ4n) is 4.81. The summed E-state index contributed by atoms with van der Waals surface area (Å²) in [5.41, 5.74) is 2.11. The van der Waals surface area contributed by atoms with Crippen molar-refractivity contribution < 1.29 is 24.2 Å². The number of ketones is 1. The molecule has 7 nitrogen and oxygen atoms in total. The number of amides is 1. The van der Waals surface area contributed by atoms with E-state index in [1.54, 1.807) is 23.1 Å². The number of aliphatic hydroxyl groups is 1. The molecule has 4 rings (SSSR count). The fourth-order valence-corrected chi connectivity index (χ4v) is 5.04. The molecule has 1 N–H and O–H groups in total. The van der Waals surface area contributed by atoms with E-state index in [0.29, 0.717) is 54.0 Å². The van der Waals surface area contributed by atoms with Crippen molar-refractivity contribution in [2.45, 2.75) is 33.4 Å². The third-order valence-electron chi connectivity index (χ3n) is 7.04. The average Bonchev–Trinajstić information content (AvgIpc) is 3.23. The molecule has 40 heavy (non-hydrogen) atoms. The quantitative estimate of drug-likeness (QED) is 0.164. The second-order valence-electron chi connectivity index (χ2n) is 9.44. The Labute approximate surface area is 240 Å². The van der Waals surface area contributed by atoms with Gasteiger partial charge in [0.05, 0.1) is 23.2 Å². The zero-order valence-electron chi connectivity index (χ0n) is 23.1. The lowest BCUT2D eigenvalue weighted by molar-refractivity contribution is -0.140. The van der Waals surface area contributed by atoms with Crippen molar-refractivity contribution in [1.82, 2.24) is 9.80 Å². The van der Waals surface area contributed by atoms with Gasteiger partial charge in [0.15, 0.2) is 0 Å². The highest BCUT2D eigenvalue weighted by molar-refractivity contribution is 6.46. The number of carbonyl (C=O) groups is 2. The zero-order chi connectivity index (χ0) is 28.6. The highest BCUT2D eigenvalue weighted by Crippen LogP contribution is 2.40. The van der Waals surface area contributed by atoms with Crippen LogP contribution in [0.15, 0.2) is 78.4 Å². The minimum atomic E-state index is -0.760. The number of halogens is 1. The molecule has 0 saturated carbocycles. The maximum Gasteiger partial charge on any atom is 0.295 e. The number of nitrogens with zero attached hydrogens (tertiary/aromatic N) is 2. The molecule has 1 aliphatic heterocycles. The maximum absolute atomic E-state index is 13.4. The van der Waals surface area contributed by atoms with Crippen LogP contribution in [0, 0.1) is 0 Å². The summed E-state index contributed by atoms with van der Waals surface area (Å²) in [5, 5.41) is 11.7. The van der Waals surface area contributed by atoms with Crippen LogP contribution in [0.1, 0.15) is 43.5 Å². The Hall–Kier alpha value is -3.81. The van der Waals surface area contributed by atoms with E-state index < -0.39 is 17.7 Å². The smallest absolute Gasteiger partial charge is 0.295 e. The van der Waals surface area contributed by atoms with E-state index in [1.165, 1.54) is 0 Å². The van der Waals surface area contributed by atoms with Crippen LogP contribution in [0.25, 0.3) is 5.76 Å². The standard InChI is InChI=1S/C32H35ClN2O5/c1-4-34(5-2)18-19-35-29(23-12-15-25(16-13-23)40-21-22-10-8-7-9-11-22)28(31(37)32(35)38)30(36)24-14-17-27(39-6-3)26(33)20-24/h7-17,20,29,36H,4-6,18-19,21H2,1-3H3. The Morgan fingerprint density at radius 2 is 1.65 bits per heavy atom. The van der Waals surface area contributed by atoms with E-state index in [2.05, 4.69) is 18.7 Å². The second-order valence-corrected chi connectivity index (χ2v) is 9.85. The molecule has 0 spiro atoms. The van der Waals surface area contributed by atoms with Gasteiger partial charge in [0.25, 0.3) is 11.7 Å². The van der Waals surface area contributed by atoms with Gasteiger partial charge in [-0.05, 0) is 61.5 Å². The number of likely N-dealkylation sites (tertiary alicyclic amines) is 1. The molecule has 0 aromatic heterocycles. The van der Waals surface area contributed by atoms with E-state index in [-0.39, 0.29) is 11.3 Å². The number of Topliss-reactive ketones (excluding diaryl/α,β-unsaturated/α-hetero) is 1. The van der Waals surface area contributed by atoms with Crippen LogP contribution in [0.5, 0.6) is 11.5 Å². The number of rotatable bonds is 12. The average molecular weight is 563 g/mol. The van der Waals surface area contributed by atoms with Crippen molar-refractivity contribution in [3.8, 4) is 11.5 Å². The number of carbonyl (C=O) groups excluding carboxylic acids is 2. The molecule has 1 saturated heterocycles. The third kappa shape index (κ3) is 6.49. The summed E-state index contributed by atoms with van der Waals surface area (Å²) < 4.78 is 11.4. The summed E-state index contributed by atoms with van der Waals surface area (Å²) >= 11 is 6.37. The molecule has 1 aliphatic rings. The van der Waals surface area contributed by atoms with Gasteiger partial charge in [0, 0.05) is 18.7 Å². The molecule has 3 aromatic rings. The Bertz CT molecular complexity index is 1350.